The van der Waals surface area contributed by atoms with Crippen molar-refractivity contribution < 1.29 is 23.8 Å². The summed E-state index contributed by atoms with van der Waals surface area (Å²) in [6.07, 6.45) is 0.225. The molecule has 1 N–H and O–H groups in total. The molecule has 0 saturated heterocycles. The van der Waals surface area contributed by atoms with Crippen LogP contribution in [-0.4, -0.2) is 16.9 Å². The van der Waals surface area contributed by atoms with Gasteiger partial charge in [-0.05, 0) is 41.8 Å². The minimum Gasteiger partial charge on any atom is -0.508 e. The zero-order valence-corrected chi connectivity index (χ0v) is 13.4. The van der Waals surface area contributed by atoms with Crippen LogP contribution in [0.3, 0.4) is 0 Å². The highest BCUT2D eigenvalue weighted by molar-refractivity contribution is 5.95. The van der Waals surface area contributed by atoms with Gasteiger partial charge in [0.15, 0.2) is 0 Å². The highest BCUT2D eigenvalue weighted by atomic mass is 19.1. The van der Waals surface area contributed by atoms with Gasteiger partial charge in [0.2, 0.25) is 0 Å². The van der Waals surface area contributed by atoms with Crippen LogP contribution in [0.4, 0.5) is 4.39 Å². The second kappa shape index (κ2) is 8.60. The second-order valence-corrected chi connectivity index (χ2v) is 5.47. The fraction of sp³-hybridized carbons (Fsp3) is 0.211. The summed E-state index contributed by atoms with van der Waals surface area (Å²) in [5, 5.41) is 18.1. The zero-order valence-electron chi connectivity index (χ0n) is 13.4. The third kappa shape index (κ3) is 5.74. The SMILES string of the molecule is N#Cc1cc(COC(=O)CC(=O)CCc2cccc(O)c2)ccc1F. The number of aromatic hydroxyl groups is 1. The van der Waals surface area contributed by atoms with E-state index < -0.39 is 11.8 Å². The predicted molar refractivity (Wildman–Crippen MR) is 87.0 cm³/mol. The summed E-state index contributed by atoms with van der Waals surface area (Å²) in [7, 11) is 0. The van der Waals surface area contributed by atoms with Crippen molar-refractivity contribution in [1.82, 2.24) is 0 Å². The summed E-state index contributed by atoms with van der Waals surface area (Å²) in [4.78, 5) is 23.5. The van der Waals surface area contributed by atoms with E-state index in [1.54, 1.807) is 24.3 Å². The number of phenols is 1. The van der Waals surface area contributed by atoms with Gasteiger partial charge in [-0.1, -0.05) is 18.2 Å². The van der Waals surface area contributed by atoms with Gasteiger partial charge >= 0.3 is 5.97 Å². The third-order valence-electron chi connectivity index (χ3n) is 3.50. The van der Waals surface area contributed by atoms with Crippen LogP contribution in [0.25, 0.3) is 0 Å². The first kappa shape index (κ1) is 18.1. The van der Waals surface area contributed by atoms with Gasteiger partial charge in [-0.25, -0.2) is 4.39 Å². The number of carbonyl (C=O) groups excluding carboxylic acids is 2. The molecule has 0 aliphatic carbocycles. The van der Waals surface area contributed by atoms with Gasteiger partial charge in [0.1, 0.15) is 36.4 Å². The molecular weight excluding hydrogens is 325 g/mol. The van der Waals surface area contributed by atoms with Gasteiger partial charge in [0.25, 0.3) is 0 Å². The second-order valence-electron chi connectivity index (χ2n) is 5.47. The third-order valence-corrected chi connectivity index (χ3v) is 3.50. The van der Waals surface area contributed by atoms with E-state index in [0.29, 0.717) is 12.0 Å². The Labute approximate surface area is 144 Å². The smallest absolute Gasteiger partial charge is 0.313 e. The number of halogens is 1. The first-order valence-electron chi connectivity index (χ1n) is 7.61. The molecule has 128 valence electrons. The van der Waals surface area contributed by atoms with Crippen LogP contribution in [-0.2, 0) is 27.4 Å². The normalized spacial score (nSPS) is 10.1. The molecule has 25 heavy (non-hydrogen) atoms. The fourth-order valence-corrected chi connectivity index (χ4v) is 2.21. The van der Waals surface area contributed by atoms with E-state index in [4.69, 9.17) is 10.00 Å². The van der Waals surface area contributed by atoms with Gasteiger partial charge in [-0.15, -0.1) is 0 Å². The number of carbonyl (C=O) groups is 2. The van der Waals surface area contributed by atoms with Gasteiger partial charge in [0, 0.05) is 6.42 Å². The summed E-state index contributed by atoms with van der Waals surface area (Å²) in [6, 6.07) is 12.1. The molecule has 0 aliphatic rings. The molecule has 6 heteroatoms. The summed E-state index contributed by atoms with van der Waals surface area (Å²) < 4.78 is 18.2. The molecule has 0 bridgehead atoms. The zero-order chi connectivity index (χ0) is 18.2. The number of ether oxygens (including phenoxy) is 1. The maximum absolute atomic E-state index is 13.2. The Balaban J connectivity index is 1.78. The molecule has 5 nitrogen and oxygen atoms in total. The number of rotatable bonds is 7. The van der Waals surface area contributed by atoms with Crippen LogP contribution in [0.5, 0.6) is 5.75 Å². The van der Waals surface area contributed by atoms with Crippen molar-refractivity contribution in [3.05, 3.63) is 65.0 Å². The number of hydrogen-bond acceptors (Lipinski definition) is 5. The van der Waals surface area contributed by atoms with Gasteiger partial charge in [0.05, 0.1) is 5.56 Å². The standard InChI is InChI=1S/C19H16FNO4/c20-18-7-5-14(8-15(18)11-21)12-25-19(24)10-17(23)6-4-13-2-1-3-16(22)9-13/h1-3,5,7-9,22H,4,6,10,12H2. The van der Waals surface area contributed by atoms with Gasteiger partial charge in [-0.2, -0.15) is 5.26 Å². The van der Waals surface area contributed by atoms with E-state index in [1.807, 2.05) is 0 Å². The average molecular weight is 341 g/mol. The Kier molecular flexibility index (Phi) is 6.24. The number of phenolic OH excluding ortho intramolecular Hbond substituents is 1. The van der Waals surface area contributed by atoms with Crippen molar-refractivity contribution in [1.29, 1.82) is 5.26 Å². The molecular formula is C19H16FNO4. The first-order chi connectivity index (χ1) is 12.0. The first-order valence-corrected chi connectivity index (χ1v) is 7.61. The summed E-state index contributed by atoms with van der Waals surface area (Å²) in [6.45, 7) is -0.131. The van der Waals surface area contributed by atoms with E-state index in [1.165, 1.54) is 18.2 Å². The Bertz CT molecular complexity index is 826. The summed E-state index contributed by atoms with van der Waals surface area (Å²) >= 11 is 0. The van der Waals surface area contributed by atoms with E-state index in [-0.39, 0.29) is 36.5 Å². The van der Waals surface area contributed by atoms with Crippen molar-refractivity contribution in [2.75, 3.05) is 0 Å². The molecule has 0 unspecified atom stereocenters. The molecule has 0 heterocycles. The van der Waals surface area contributed by atoms with Crippen LogP contribution >= 0.6 is 0 Å². The Morgan fingerprint density at radius 2 is 1.96 bits per heavy atom. The number of hydrogen-bond donors (Lipinski definition) is 1. The Morgan fingerprint density at radius 1 is 1.16 bits per heavy atom. The van der Waals surface area contributed by atoms with Crippen LogP contribution in [0.15, 0.2) is 42.5 Å². The number of nitriles is 1. The lowest BCUT2D eigenvalue weighted by Gasteiger charge is -2.06. The minimum atomic E-state index is -0.677. The van der Waals surface area contributed by atoms with Crippen LogP contribution < -0.4 is 0 Å². The topological polar surface area (TPSA) is 87.4 Å². The Morgan fingerprint density at radius 3 is 2.68 bits per heavy atom. The lowest BCUT2D eigenvalue weighted by molar-refractivity contribution is -0.147. The molecule has 0 aliphatic heterocycles. The van der Waals surface area contributed by atoms with Crippen molar-refractivity contribution in [2.45, 2.75) is 25.9 Å². The number of esters is 1. The predicted octanol–water partition coefficient (Wildman–Crippen LogP) is 3.04. The number of benzene rings is 2. The molecule has 0 spiro atoms. The van der Waals surface area contributed by atoms with Crippen molar-refractivity contribution in [3.63, 3.8) is 0 Å². The highest BCUT2D eigenvalue weighted by Gasteiger charge is 2.12. The largest absolute Gasteiger partial charge is 0.508 e. The molecule has 0 fully saturated rings. The lowest BCUT2D eigenvalue weighted by Crippen LogP contribution is -2.12. The maximum Gasteiger partial charge on any atom is 0.313 e. The van der Waals surface area contributed by atoms with Crippen LogP contribution in [0, 0.1) is 17.1 Å². The van der Waals surface area contributed by atoms with E-state index >= 15 is 0 Å². The Hall–Kier alpha value is -3.20. The van der Waals surface area contributed by atoms with Crippen molar-refractivity contribution in [3.8, 4) is 11.8 Å². The van der Waals surface area contributed by atoms with E-state index in [2.05, 4.69) is 0 Å². The molecule has 0 aromatic heterocycles. The van der Waals surface area contributed by atoms with Gasteiger partial charge in [-0.3, -0.25) is 9.59 Å². The number of nitrogens with zero attached hydrogens (tertiary/aromatic N) is 1. The number of Topliss-reactive ketones (excluding diaryl/α,β-unsaturated/α-hetero) is 1. The van der Waals surface area contributed by atoms with Gasteiger partial charge < -0.3 is 9.84 Å². The average Bonchev–Trinajstić information content (AvgIpc) is 2.59. The van der Waals surface area contributed by atoms with Crippen LogP contribution in [0.1, 0.15) is 29.5 Å². The number of ketones is 1. The highest BCUT2D eigenvalue weighted by Crippen LogP contribution is 2.14. The van der Waals surface area contributed by atoms with E-state index in [9.17, 15) is 19.1 Å². The fourth-order valence-electron chi connectivity index (χ4n) is 2.21. The molecule has 0 amide bonds. The molecule has 0 atom stereocenters. The monoisotopic (exact) mass is 341 g/mol. The minimum absolute atomic E-state index is 0.125. The summed E-state index contributed by atoms with van der Waals surface area (Å²) in [5.41, 5.74) is 1.14. The molecule has 0 radical (unpaired) electrons. The number of aryl methyl sites for hydroxylation is 1. The summed E-state index contributed by atoms with van der Waals surface area (Å²) in [5.74, 6) is -1.46. The quantitative estimate of drug-likeness (QED) is 0.618. The molecule has 2 rings (SSSR count). The molecule has 2 aromatic rings. The van der Waals surface area contributed by atoms with Crippen molar-refractivity contribution >= 4 is 11.8 Å². The maximum atomic E-state index is 13.2. The lowest BCUT2D eigenvalue weighted by atomic mass is 10.1. The molecule has 2 aromatic carbocycles. The van der Waals surface area contributed by atoms with Crippen molar-refractivity contribution in [2.24, 2.45) is 0 Å². The molecule has 0 saturated carbocycles. The van der Waals surface area contributed by atoms with E-state index in [0.717, 1.165) is 11.6 Å². The van der Waals surface area contributed by atoms with Crippen LogP contribution in [0.2, 0.25) is 0 Å².